The van der Waals surface area contributed by atoms with Crippen LogP contribution < -0.4 is 0 Å². The minimum Gasteiger partial charge on any atom is -0.333 e. The molecule has 0 unspecified atom stereocenters. The molecule has 0 saturated carbocycles. The largest absolute Gasteiger partial charge is 0.333 e. The zero-order chi connectivity index (χ0) is 11.8. The zero-order valence-electron chi connectivity index (χ0n) is 8.82. The van der Waals surface area contributed by atoms with E-state index in [9.17, 15) is 8.42 Å². The van der Waals surface area contributed by atoms with Gasteiger partial charge < -0.3 is 4.57 Å². The maximum absolute atomic E-state index is 11.3. The van der Waals surface area contributed by atoms with E-state index in [1.807, 2.05) is 7.05 Å². The molecule has 0 atom stereocenters. The van der Waals surface area contributed by atoms with Crippen LogP contribution in [0.25, 0.3) is 11.5 Å². The van der Waals surface area contributed by atoms with E-state index < -0.39 is 9.84 Å². The van der Waals surface area contributed by atoms with Crippen LogP contribution in [0.5, 0.6) is 0 Å². The second-order valence-corrected chi connectivity index (χ2v) is 5.27. The highest BCUT2D eigenvalue weighted by Crippen LogP contribution is 2.14. The van der Waals surface area contributed by atoms with Gasteiger partial charge in [-0.25, -0.2) is 23.4 Å². The fraction of sp³-hybridized carbons (Fsp3) is 0.222. The standard InChI is InChI=1S/C9H10N4O2S/c1-13-6-5-10-8(13)7-3-4-11-9(12-7)16(2,14)15/h3-6H,1-2H3. The summed E-state index contributed by atoms with van der Waals surface area (Å²) in [6.07, 6.45) is 5.87. The van der Waals surface area contributed by atoms with Gasteiger partial charge in [-0.1, -0.05) is 0 Å². The van der Waals surface area contributed by atoms with E-state index in [1.54, 1.807) is 23.0 Å². The average molecular weight is 238 g/mol. The maximum atomic E-state index is 11.3. The Morgan fingerprint density at radius 3 is 2.56 bits per heavy atom. The number of aryl methyl sites for hydroxylation is 1. The lowest BCUT2D eigenvalue weighted by atomic mass is 10.4. The minimum absolute atomic E-state index is 0.187. The van der Waals surface area contributed by atoms with E-state index in [0.29, 0.717) is 11.5 Å². The first kappa shape index (κ1) is 10.7. The van der Waals surface area contributed by atoms with Gasteiger partial charge in [0.15, 0.2) is 5.82 Å². The number of rotatable bonds is 2. The molecule has 0 N–H and O–H groups in total. The highest BCUT2D eigenvalue weighted by atomic mass is 32.2. The van der Waals surface area contributed by atoms with Crippen LogP contribution in [-0.4, -0.2) is 34.2 Å². The molecule has 0 aromatic carbocycles. The molecule has 0 aliphatic heterocycles. The number of hydrogen-bond acceptors (Lipinski definition) is 5. The Morgan fingerprint density at radius 1 is 1.25 bits per heavy atom. The summed E-state index contributed by atoms with van der Waals surface area (Å²) >= 11 is 0. The molecule has 2 heterocycles. The van der Waals surface area contributed by atoms with E-state index in [-0.39, 0.29) is 5.16 Å². The van der Waals surface area contributed by atoms with Gasteiger partial charge in [-0.3, -0.25) is 0 Å². The van der Waals surface area contributed by atoms with Crippen LogP contribution in [-0.2, 0) is 16.9 Å². The molecule has 0 saturated heterocycles. The second kappa shape index (κ2) is 3.67. The summed E-state index contributed by atoms with van der Waals surface area (Å²) < 4.78 is 24.3. The molecule has 7 heteroatoms. The van der Waals surface area contributed by atoms with Crippen molar-refractivity contribution >= 4 is 9.84 Å². The fourth-order valence-electron chi connectivity index (χ4n) is 1.26. The van der Waals surface area contributed by atoms with E-state index >= 15 is 0 Å². The first-order chi connectivity index (χ1) is 7.48. The molecule has 2 aromatic heterocycles. The summed E-state index contributed by atoms with van der Waals surface area (Å²) in [6.45, 7) is 0. The van der Waals surface area contributed by atoms with Crippen LogP contribution in [0, 0.1) is 0 Å². The van der Waals surface area contributed by atoms with Crippen LogP contribution >= 0.6 is 0 Å². The van der Waals surface area contributed by atoms with Crippen molar-refractivity contribution in [1.29, 1.82) is 0 Å². The molecule has 6 nitrogen and oxygen atoms in total. The highest BCUT2D eigenvalue weighted by Gasteiger charge is 2.13. The lowest BCUT2D eigenvalue weighted by Gasteiger charge is -2.02. The SMILES string of the molecule is Cn1ccnc1-c1ccnc(S(C)(=O)=O)n1. The molecule has 0 spiro atoms. The molecule has 16 heavy (non-hydrogen) atoms. The molecule has 0 aliphatic rings. The van der Waals surface area contributed by atoms with Crippen LogP contribution in [0.4, 0.5) is 0 Å². The molecule has 0 aliphatic carbocycles. The summed E-state index contributed by atoms with van der Waals surface area (Å²) in [7, 11) is -1.58. The lowest BCUT2D eigenvalue weighted by molar-refractivity contribution is 0.593. The van der Waals surface area contributed by atoms with Gasteiger partial charge in [0.05, 0.1) is 0 Å². The molecule has 0 fully saturated rings. The molecule has 0 bridgehead atoms. The molecule has 0 amide bonds. The van der Waals surface area contributed by atoms with Crippen molar-refractivity contribution < 1.29 is 8.42 Å². The lowest BCUT2D eigenvalue weighted by Crippen LogP contribution is -2.05. The first-order valence-electron chi connectivity index (χ1n) is 4.49. The van der Waals surface area contributed by atoms with Crippen LogP contribution in [0.2, 0.25) is 0 Å². The molecule has 2 rings (SSSR count). The van der Waals surface area contributed by atoms with E-state index in [4.69, 9.17) is 0 Å². The zero-order valence-corrected chi connectivity index (χ0v) is 9.64. The van der Waals surface area contributed by atoms with Gasteiger partial charge in [-0.05, 0) is 6.07 Å². The van der Waals surface area contributed by atoms with Gasteiger partial charge in [0.1, 0.15) is 5.69 Å². The second-order valence-electron chi connectivity index (χ2n) is 3.36. The Hall–Kier alpha value is -1.76. The predicted molar refractivity (Wildman–Crippen MR) is 57.3 cm³/mol. The predicted octanol–water partition coefficient (Wildman–Crippen LogP) is 0.281. The Balaban J connectivity index is 2.57. The number of nitrogens with zero attached hydrogens (tertiary/aromatic N) is 4. The summed E-state index contributed by atoms with van der Waals surface area (Å²) in [4.78, 5) is 11.8. The third kappa shape index (κ3) is 1.94. The van der Waals surface area contributed by atoms with Crippen molar-refractivity contribution in [1.82, 2.24) is 19.5 Å². The number of imidazole rings is 1. The minimum atomic E-state index is -3.39. The Bertz CT molecular complexity index is 618. The van der Waals surface area contributed by atoms with Crippen LogP contribution in [0.3, 0.4) is 0 Å². The number of aromatic nitrogens is 4. The van der Waals surface area contributed by atoms with E-state index in [2.05, 4.69) is 15.0 Å². The van der Waals surface area contributed by atoms with E-state index in [1.165, 1.54) is 6.20 Å². The monoisotopic (exact) mass is 238 g/mol. The molecule has 84 valence electrons. The molecular formula is C9H10N4O2S. The number of hydrogen-bond donors (Lipinski definition) is 0. The summed E-state index contributed by atoms with van der Waals surface area (Å²) in [5, 5.41) is -0.187. The van der Waals surface area contributed by atoms with Gasteiger partial charge in [-0.15, -0.1) is 0 Å². The Labute approximate surface area is 92.9 Å². The molecular weight excluding hydrogens is 228 g/mol. The third-order valence-corrected chi connectivity index (χ3v) is 2.88. The normalized spacial score (nSPS) is 11.6. The Morgan fingerprint density at radius 2 is 2.00 bits per heavy atom. The quantitative estimate of drug-likeness (QED) is 0.702. The van der Waals surface area contributed by atoms with Gasteiger partial charge in [0.2, 0.25) is 15.0 Å². The third-order valence-electron chi connectivity index (χ3n) is 2.02. The molecule has 2 aromatic rings. The topological polar surface area (TPSA) is 77.7 Å². The number of sulfone groups is 1. The van der Waals surface area contributed by atoms with Crippen molar-refractivity contribution in [3.05, 3.63) is 24.7 Å². The van der Waals surface area contributed by atoms with Crippen molar-refractivity contribution in [2.75, 3.05) is 6.26 Å². The highest BCUT2D eigenvalue weighted by molar-refractivity contribution is 7.90. The van der Waals surface area contributed by atoms with Crippen LogP contribution in [0.1, 0.15) is 0 Å². The van der Waals surface area contributed by atoms with Gasteiger partial charge in [0, 0.05) is 31.9 Å². The fourth-order valence-corrected chi connectivity index (χ4v) is 1.77. The summed E-state index contributed by atoms with van der Waals surface area (Å²) in [5.74, 6) is 0.604. The molecule has 0 radical (unpaired) electrons. The Kier molecular flexibility index (Phi) is 2.47. The maximum Gasteiger partial charge on any atom is 0.247 e. The summed E-state index contributed by atoms with van der Waals surface area (Å²) in [5.41, 5.74) is 0.489. The summed E-state index contributed by atoms with van der Waals surface area (Å²) in [6, 6.07) is 1.62. The van der Waals surface area contributed by atoms with Gasteiger partial charge in [0.25, 0.3) is 0 Å². The van der Waals surface area contributed by atoms with Crippen molar-refractivity contribution in [2.45, 2.75) is 5.16 Å². The van der Waals surface area contributed by atoms with Gasteiger partial charge >= 0.3 is 0 Å². The van der Waals surface area contributed by atoms with Gasteiger partial charge in [-0.2, -0.15) is 0 Å². The van der Waals surface area contributed by atoms with Crippen molar-refractivity contribution in [2.24, 2.45) is 7.05 Å². The first-order valence-corrected chi connectivity index (χ1v) is 6.38. The van der Waals surface area contributed by atoms with E-state index in [0.717, 1.165) is 6.26 Å². The van der Waals surface area contributed by atoms with Crippen LogP contribution in [0.15, 0.2) is 29.8 Å². The smallest absolute Gasteiger partial charge is 0.247 e. The van der Waals surface area contributed by atoms with Crippen molar-refractivity contribution in [3.8, 4) is 11.5 Å². The average Bonchev–Trinajstić information content (AvgIpc) is 2.63. The van der Waals surface area contributed by atoms with Crippen molar-refractivity contribution in [3.63, 3.8) is 0 Å².